The van der Waals surface area contributed by atoms with Crippen molar-refractivity contribution in [2.24, 2.45) is 0 Å². The molecular weight excluding hydrogens is 183 g/mol. The van der Waals surface area contributed by atoms with Gasteiger partial charge in [0, 0.05) is 25.4 Å². The smallest absolute Gasteiger partial charge is 0.213 e. The van der Waals surface area contributed by atoms with Crippen molar-refractivity contribution in [2.45, 2.75) is 19.2 Å². The van der Waals surface area contributed by atoms with Crippen molar-refractivity contribution < 1.29 is 9.13 Å². The van der Waals surface area contributed by atoms with Crippen LogP contribution in [0, 0.1) is 6.92 Å². The molecule has 1 N–H and O–H groups in total. The molecule has 3 nitrogen and oxygen atoms in total. The van der Waals surface area contributed by atoms with E-state index < -0.39 is 12.3 Å². The quantitative estimate of drug-likeness (QED) is 0.768. The van der Waals surface area contributed by atoms with Crippen LogP contribution >= 0.6 is 0 Å². The molecule has 0 saturated carbocycles. The van der Waals surface area contributed by atoms with E-state index in [1.165, 1.54) is 0 Å². The first kappa shape index (κ1) is 9.40. The maximum atomic E-state index is 13.2. The number of hydrogen-bond donors (Lipinski definition) is 1. The predicted octanol–water partition coefficient (Wildman–Crippen LogP) is 1.08. The maximum Gasteiger partial charge on any atom is 0.213 e. The van der Waals surface area contributed by atoms with E-state index >= 15 is 0 Å². The fraction of sp³-hybridized carbons (Fsp3) is 0.500. The molecule has 0 amide bonds. The van der Waals surface area contributed by atoms with Gasteiger partial charge in [0.05, 0.1) is 0 Å². The van der Waals surface area contributed by atoms with E-state index in [2.05, 4.69) is 10.3 Å². The van der Waals surface area contributed by atoms with Gasteiger partial charge in [0.15, 0.2) is 6.17 Å². The first-order valence-electron chi connectivity index (χ1n) is 4.70. The number of halogens is 1. The van der Waals surface area contributed by atoms with Gasteiger partial charge in [-0.3, -0.25) is 0 Å². The molecular formula is C10H13FN2O. The molecule has 4 heteroatoms. The molecule has 76 valence electrons. The van der Waals surface area contributed by atoms with Crippen molar-refractivity contribution in [1.29, 1.82) is 0 Å². The van der Waals surface area contributed by atoms with E-state index in [4.69, 9.17) is 4.74 Å². The molecule has 0 aromatic carbocycles. The molecule has 14 heavy (non-hydrogen) atoms. The Morgan fingerprint density at radius 2 is 2.43 bits per heavy atom. The molecule has 2 heterocycles. The SMILES string of the molecule is Cc1ccnc(OC2CNCC2F)c1. The number of nitrogens with one attached hydrogen (secondary N) is 1. The van der Waals surface area contributed by atoms with E-state index in [-0.39, 0.29) is 0 Å². The molecule has 1 aromatic heterocycles. The highest BCUT2D eigenvalue weighted by atomic mass is 19.1. The highest BCUT2D eigenvalue weighted by molar-refractivity contribution is 5.19. The van der Waals surface area contributed by atoms with Crippen LogP contribution in [0.5, 0.6) is 5.88 Å². The lowest BCUT2D eigenvalue weighted by molar-refractivity contribution is 0.134. The third-order valence-corrected chi connectivity index (χ3v) is 2.25. The van der Waals surface area contributed by atoms with Crippen molar-refractivity contribution >= 4 is 0 Å². The summed E-state index contributed by atoms with van der Waals surface area (Å²) < 4.78 is 18.6. The average molecular weight is 196 g/mol. The van der Waals surface area contributed by atoms with E-state index in [1.807, 2.05) is 19.1 Å². The summed E-state index contributed by atoms with van der Waals surface area (Å²) in [7, 11) is 0. The van der Waals surface area contributed by atoms with Crippen molar-refractivity contribution in [3.63, 3.8) is 0 Å². The standard InChI is InChI=1S/C10H13FN2O/c1-7-2-3-13-10(4-7)14-9-6-12-5-8(9)11/h2-4,8-9,12H,5-6H2,1H3. The van der Waals surface area contributed by atoms with Crippen LogP contribution in [0.2, 0.25) is 0 Å². The molecule has 2 atom stereocenters. The summed E-state index contributed by atoms with van der Waals surface area (Å²) in [6, 6.07) is 3.69. The van der Waals surface area contributed by atoms with Crippen LogP contribution in [-0.4, -0.2) is 30.3 Å². The Balaban J connectivity index is 2.03. The Kier molecular flexibility index (Phi) is 2.63. The van der Waals surface area contributed by atoms with Gasteiger partial charge in [-0.15, -0.1) is 0 Å². The minimum absolute atomic E-state index is 0.372. The van der Waals surface area contributed by atoms with Crippen molar-refractivity contribution in [3.05, 3.63) is 23.9 Å². The topological polar surface area (TPSA) is 34.1 Å². The third-order valence-electron chi connectivity index (χ3n) is 2.25. The Morgan fingerprint density at radius 3 is 3.07 bits per heavy atom. The van der Waals surface area contributed by atoms with Gasteiger partial charge >= 0.3 is 0 Å². The second kappa shape index (κ2) is 3.92. The predicted molar refractivity (Wildman–Crippen MR) is 51.2 cm³/mol. The summed E-state index contributed by atoms with van der Waals surface area (Å²) >= 11 is 0. The lowest BCUT2D eigenvalue weighted by Crippen LogP contribution is -2.27. The normalized spacial score (nSPS) is 26.4. The Bertz CT molecular complexity index is 319. The van der Waals surface area contributed by atoms with Crippen LogP contribution < -0.4 is 10.1 Å². The monoisotopic (exact) mass is 196 g/mol. The first-order chi connectivity index (χ1) is 6.75. The van der Waals surface area contributed by atoms with Gasteiger partial charge < -0.3 is 10.1 Å². The molecule has 0 spiro atoms. The Labute approximate surface area is 82.3 Å². The molecule has 0 bridgehead atoms. The van der Waals surface area contributed by atoms with Crippen molar-refractivity contribution in [3.8, 4) is 5.88 Å². The lowest BCUT2D eigenvalue weighted by Gasteiger charge is -2.13. The minimum Gasteiger partial charge on any atom is -0.470 e. The Morgan fingerprint density at radius 1 is 1.57 bits per heavy atom. The van der Waals surface area contributed by atoms with Crippen LogP contribution in [0.25, 0.3) is 0 Å². The largest absolute Gasteiger partial charge is 0.470 e. The van der Waals surface area contributed by atoms with Gasteiger partial charge in [-0.2, -0.15) is 0 Å². The minimum atomic E-state index is -0.933. The van der Waals surface area contributed by atoms with Gasteiger partial charge in [0.25, 0.3) is 0 Å². The summed E-state index contributed by atoms with van der Waals surface area (Å²) in [5.74, 6) is 0.501. The van der Waals surface area contributed by atoms with Crippen molar-refractivity contribution in [2.75, 3.05) is 13.1 Å². The van der Waals surface area contributed by atoms with Crippen LogP contribution in [0.15, 0.2) is 18.3 Å². The second-order valence-electron chi connectivity index (χ2n) is 3.50. The van der Waals surface area contributed by atoms with Gasteiger partial charge in [-0.25, -0.2) is 9.37 Å². The van der Waals surface area contributed by atoms with Crippen LogP contribution in [-0.2, 0) is 0 Å². The molecule has 0 radical (unpaired) electrons. The summed E-state index contributed by atoms with van der Waals surface area (Å²) in [5.41, 5.74) is 1.07. The number of pyridine rings is 1. The van der Waals surface area contributed by atoms with Crippen LogP contribution in [0.3, 0.4) is 0 Å². The lowest BCUT2D eigenvalue weighted by atomic mass is 10.3. The number of hydrogen-bond acceptors (Lipinski definition) is 3. The highest BCUT2D eigenvalue weighted by Gasteiger charge is 2.28. The maximum absolute atomic E-state index is 13.2. The molecule has 2 rings (SSSR count). The zero-order chi connectivity index (χ0) is 9.97. The molecule has 2 unspecified atom stereocenters. The van der Waals surface area contributed by atoms with E-state index in [0.717, 1.165) is 5.56 Å². The van der Waals surface area contributed by atoms with Crippen molar-refractivity contribution in [1.82, 2.24) is 10.3 Å². The van der Waals surface area contributed by atoms with Gasteiger partial charge in [-0.1, -0.05) is 0 Å². The van der Waals surface area contributed by atoms with Gasteiger partial charge in [0.2, 0.25) is 5.88 Å². The number of rotatable bonds is 2. The number of aromatic nitrogens is 1. The number of ether oxygens (including phenoxy) is 1. The van der Waals surface area contributed by atoms with E-state index in [0.29, 0.717) is 19.0 Å². The van der Waals surface area contributed by atoms with Crippen LogP contribution in [0.1, 0.15) is 5.56 Å². The molecule has 0 aliphatic carbocycles. The van der Waals surface area contributed by atoms with Gasteiger partial charge in [0.1, 0.15) is 6.10 Å². The highest BCUT2D eigenvalue weighted by Crippen LogP contribution is 2.15. The summed E-state index contributed by atoms with van der Waals surface area (Å²) in [6.07, 6.45) is 0.335. The molecule has 1 saturated heterocycles. The van der Waals surface area contributed by atoms with Crippen LogP contribution in [0.4, 0.5) is 4.39 Å². The van der Waals surface area contributed by atoms with E-state index in [9.17, 15) is 4.39 Å². The molecule has 1 fully saturated rings. The fourth-order valence-corrected chi connectivity index (χ4v) is 1.47. The fourth-order valence-electron chi connectivity index (χ4n) is 1.47. The van der Waals surface area contributed by atoms with Gasteiger partial charge in [-0.05, 0) is 18.6 Å². The van der Waals surface area contributed by atoms with E-state index in [1.54, 1.807) is 6.20 Å². The summed E-state index contributed by atoms with van der Waals surface area (Å²) in [6.45, 7) is 2.88. The zero-order valence-corrected chi connectivity index (χ0v) is 8.03. The number of aryl methyl sites for hydroxylation is 1. The molecule has 1 aliphatic heterocycles. The third kappa shape index (κ3) is 2.01. The summed E-state index contributed by atoms with van der Waals surface area (Å²) in [5, 5.41) is 2.93. The first-order valence-corrected chi connectivity index (χ1v) is 4.70. The number of alkyl halides is 1. The Hall–Kier alpha value is -1.16. The summed E-state index contributed by atoms with van der Waals surface area (Å²) in [4.78, 5) is 4.02. The molecule has 1 aromatic rings. The second-order valence-corrected chi connectivity index (χ2v) is 3.50. The average Bonchev–Trinajstić information content (AvgIpc) is 2.52. The molecule has 1 aliphatic rings. The zero-order valence-electron chi connectivity index (χ0n) is 8.03. The number of nitrogens with zero attached hydrogens (tertiary/aromatic N) is 1.